The quantitative estimate of drug-likeness (QED) is 0.855. The molecule has 0 bridgehead atoms. The van der Waals surface area contributed by atoms with Crippen molar-refractivity contribution in [3.05, 3.63) is 41.6 Å². The second-order valence-corrected chi connectivity index (χ2v) is 6.63. The molecule has 2 aromatic rings. The van der Waals surface area contributed by atoms with Gasteiger partial charge in [-0.1, -0.05) is 19.1 Å². The summed E-state index contributed by atoms with van der Waals surface area (Å²) in [5, 5.41) is 21.1. The summed E-state index contributed by atoms with van der Waals surface area (Å²) in [6.45, 7) is 4.46. The summed E-state index contributed by atoms with van der Waals surface area (Å²) >= 11 is 0. The number of carbonyl (C=O) groups is 1. The molecular formula is C19H20N3O2-. The Kier molecular flexibility index (Phi) is 4.77. The molecule has 1 saturated heterocycles. The monoisotopic (exact) mass is 322 g/mol. The van der Waals surface area contributed by atoms with E-state index in [2.05, 4.69) is 22.9 Å². The fraction of sp³-hybridized carbons (Fsp3) is 0.421. The van der Waals surface area contributed by atoms with E-state index >= 15 is 0 Å². The lowest BCUT2D eigenvalue weighted by Gasteiger charge is -2.37. The minimum atomic E-state index is -1.00. The molecule has 3 rings (SSSR count). The van der Waals surface area contributed by atoms with Crippen LogP contribution in [0.1, 0.15) is 36.8 Å². The number of aromatic nitrogens is 1. The number of benzene rings is 1. The second kappa shape index (κ2) is 6.98. The maximum absolute atomic E-state index is 10.7. The lowest BCUT2D eigenvalue weighted by atomic mass is 9.83. The largest absolute Gasteiger partial charge is 0.550 e. The van der Waals surface area contributed by atoms with Gasteiger partial charge in [0.1, 0.15) is 6.07 Å². The van der Waals surface area contributed by atoms with Crippen LogP contribution >= 0.6 is 0 Å². The van der Waals surface area contributed by atoms with Gasteiger partial charge in [0.2, 0.25) is 0 Å². The number of carbonyl (C=O) groups excluding carboxylic acids is 1. The highest BCUT2D eigenvalue weighted by Gasteiger charge is 2.27. The van der Waals surface area contributed by atoms with Gasteiger partial charge in [-0.2, -0.15) is 5.26 Å². The summed E-state index contributed by atoms with van der Waals surface area (Å²) in [7, 11) is 0. The molecule has 2 heterocycles. The lowest BCUT2D eigenvalue weighted by molar-refractivity contribution is -0.305. The maximum atomic E-state index is 10.7. The first-order valence-electron chi connectivity index (χ1n) is 8.28. The zero-order chi connectivity index (χ0) is 17.1. The molecule has 1 aromatic carbocycles. The summed E-state index contributed by atoms with van der Waals surface area (Å²) in [5.74, 6) is -0.194. The Morgan fingerprint density at radius 2 is 2.25 bits per heavy atom. The van der Waals surface area contributed by atoms with E-state index in [1.165, 1.54) is 5.56 Å². The maximum Gasteiger partial charge on any atom is 0.101 e. The van der Waals surface area contributed by atoms with Crippen molar-refractivity contribution in [1.82, 2.24) is 9.88 Å². The van der Waals surface area contributed by atoms with Crippen LogP contribution in [0.25, 0.3) is 10.9 Å². The Balaban J connectivity index is 1.92. The number of hydrogen-bond donors (Lipinski definition) is 0. The van der Waals surface area contributed by atoms with E-state index in [-0.39, 0.29) is 6.42 Å². The van der Waals surface area contributed by atoms with Crippen molar-refractivity contribution in [2.45, 2.75) is 25.7 Å². The number of pyridine rings is 1. The normalized spacial score (nSPS) is 21.5. The lowest BCUT2D eigenvalue weighted by Crippen LogP contribution is -2.41. The van der Waals surface area contributed by atoms with Gasteiger partial charge in [0.05, 0.1) is 11.1 Å². The fourth-order valence-corrected chi connectivity index (χ4v) is 3.76. The third-order valence-electron chi connectivity index (χ3n) is 4.73. The SMILES string of the molecule is CC1CC(c2ccc(C#N)c3ncccc23)CN(CCC(=O)[O-])C1. The third-order valence-corrected chi connectivity index (χ3v) is 4.73. The fourth-order valence-electron chi connectivity index (χ4n) is 3.76. The van der Waals surface area contributed by atoms with Gasteiger partial charge in [0.25, 0.3) is 0 Å². The number of nitrogens with zero attached hydrogens (tertiary/aromatic N) is 3. The van der Waals surface area contributed by atoms with Gasteiger partial charge in [-0.25, -0.2) is 0 Å². The Bertz CT molecular complexity index is 797. The van der Waals surface area contributed by atoms with Crippen LogP contribution in [-0.2, 0) is 4.79 Å². The number of rotatable bonds is 4. The summed E-state index contributed by atoms with van der Waals surface area (Å²) in [6.07, 6.45) is 2.83. The minimum Gasteiger partial charge on any atom is -0.550 e. The van der Waals surface area contributed by atoms with Crippen LogP contribution in [0.3, 0.4) is 0 Å². The average Bonchev–Trinajstić information content (AvgIpc) is 2.58. The Morgan fingerprint density at radius 3 is 3.00 bits per heavy atom. The van der Waals surface area contributed by atoms with E-state index in [1.807, 2.05) is 24.3 Å². The van der Waals surface area contributed by atoms with Crippen LogP contribution in [0.4, 0.5) is 0 Å². The molecule has 1 fully saturated rings. The number of fused-ring (bicyclic) bond motifs is 1. The number of piperidine rings is 1. The number of carboxylic acid groups (broad SMARTS) is 1. The molecule has 2 unspecified atom stereocenters. The van der Waals surface area contributed by atoms with Gasteiger partial charge in [-0.3, -0.25) is 4.98 Å². The molecule has 0 saturated carbocycles. The predicted octanol–water partition coefficient (Wildman–Crippen LogP) is 1.67. The first-order valence-corrected chi connectivity index (χ1v) is 8.28. The van der Waals surface area contributed by atoms with Crippen LogP contribution in [0.15, 0.2) is 30.5 Å². The molecule has 5 heteroatoms. The minimum absolute atomic E-state index is 0.0646. The van der Waals surface area contributed by atoms with E-state index in [0.29, 0.717) is 23.9 Å². The molecule has 124 valence electrons. The van der Waals surface area contributed by atoms with E-state index in [4.69, 9.17) is 0 Å². The second-order valence-electron chi connectivity index (χ2n) is 6.63. The van der Waals surface area contributed by atoms with Crippen molar-refractivity contribution in [2.75, 3.05) is 19.6 Å². The van der Waals surface area contributed by atoms with Crippen molar-refractivity contribution in [3.63, 3.8) is 0 Å². The Labute approximate surface area is 141 Å². The highest BCUT2D eigenvalue weighted by atomic mass is 16.4. The molecule has 0 N–H and O–H groups in total. The molecule has 0 amide bonds. The molecule has 1 aliphatic rings. The van der Waals surface area contributed by atoms with Gasteiger partial charge < -0.3 is 14.8 Å². The van der Waals surface area contributed by atoms with Gasteiger partial charge in [0, 0.05) is 37.2 Å². The molecular weight excluding hydrogens is 302 g/mol. The Hall–Kier alpha value is -2.45. The highest BCUT2D eigenvalue weighted by molar-refractivity contribution is 5.87. The standard InChI is InChI=1S/C19H21N3O2/c1-13-9-15(12-22(11-13)8-6-18(23)24)16-5-4-14(10-20)19-17(16)3-2-7-21-19/h2-5,7,13,15H,6,8-9,11-12H2,1H3,(H,23,24)/p-1. The van der Waals surface area contributed by atoms with Crippen LogP contribution in [0, 0.1) is 17.2 Å². The first kappa shape index (κ1) is 16.4. The molecule has 2 atom stereocenters. The first-order chi connectivity index (χ1) is 11.6. The summed E-state index contributed by atoms with van der Waals surface area (Å²) < 4.78 is 0. The number of hydrogen-bond acceptors (Lipinski definition) is 5. The topological polar surface area (TPSA) is 80.0 Å². The van der Waals surface area contributed by atoms with Crippen molar-refractivity contribution in [3.8, 4) is 6.07 Å². The van der Waals surface area contributed by atoms with Crippen LogP contribution < -0.4 is 5.11 Å². The number of nitriles is 1. The number of carboxylic acids is 1. The van der Waals surface area contributed by atoms with E-state index in [0.717, 1.165) is 30.4 Å². The van der Waals surface area contributed by atoms with Gasteiger partial charge in [0.15, 0.2) is 0 Å². The molecule has 24 heavy (non-hydrogen) atoms. The zero-order valence-electron chi connectivity index (χ0n) is 13.7. The molecule has 5 nitrogen and oxygen atoms in total. The van der Waals surface area contributed by atoms with Crippen LogP contribution in [0.2, 0.25) is 0 Å². The summed E-state index contributed by atoms with van der Waals surface area (Å²) in [5.41, 5.74) is 2.53. The van der Waals surface area contributed by atoms with Gasteiger partial charge in [-0.15, -0.1) is 0 Å². The van der Waals surface area contributed by atoms with Crippen LogP contribution in [-0.4, -0.2) is 35.5 Å². The van der Waals surface area contributed by atoms with E-state index in [1.54, 1.807) is 6.20 Å². The van der Waals surface area contributed by atoms with Crippen molar-refractivity contribution >= 4 is 16.9 Å². The highest BCUT2D eigenvalue weighted by Crippen LogP contribution is 2.34. The van der Waals surface area contributed by atoms with Crippen LogP contribution in [0.5, 0.6) is 0 Å². The smallest absolute Gasteiger partial charge is 0.101 e. The molecule has 0 aliphatic carbocycles. The average molecular weight is 322 g/mol. The molecule has 0 radical (unpaired) electrons. The van der Waals surface area contributed by atoms with Crippen molar-refractivity contribution in [1.29, 1.82) is 5.26 Å². The van der Waals surface area contributed by atoms with Gasteiger partial charge in [-0.05, 0) is 42.4 Å². The van der Waals surface area contributed by atoms with E-state index < -0.39 is 5.97 Å². The molecule has 0 spiro atoms. The van der Waals surface area contributed by atoms with Crippen molar-refractivity contribution < 1.29 is 9.90 Å². The number of likely N-dealkylation sites (tertiary alicyclic amines) is 1. The number of aliphatic carboxylic acids is 1. The Morgan fingerprint density at radius 1 is 1.42 bits per heavy atom. The van der Waals surface area contributed by atoms with Gasteiger partial charge >= 0.3 is 0 Å². The summed E-state index contributed by atoms with van der Waals surface area (Å²) in [6, 6.07) is 9.99. The molecule has 1 aliphatic heterocycles. The van der Waals surface area contributed by atoms with E-state index in [9.17, 15) is 15.2 Å². The third kappa shape index (κ3) is 3.39. The van der Waals surface area contributed by atoms with Crippen molar-refractivity contribution in [2.24, 2.45) is 5.92 Å². The molecule has 1 aromatic heterocycles. The zero-order valence-corrected chi connectivity index (χ0v) is 13.7. The predicted molar refractivity (Wildman–Crippen MR) is 89.0 cm³/mol. The summed E-state index contributed by atoms with van der Waals surface area (Å²) in [4.78, 5) is 17.3.